The fourth-order valence-corrected chi connectivity index (χ4v) is 3.42. The van der Waals surface area contributed by atoms with E-state index in [1.807, 2.05) is 6.07 Å². The molecule has 1 aromatic rings. The molecule has 0 aromatic heterocycles. The van der Waals surface area contributed by atoms with Crippen LogP contribution in [0.5, 0.6) is 5.75 Å². The van der Waals surface area contributed by atoms with E-state index < -0.39 is 4.92 Å². The van der Waals surface area contributed by atoms with Crippen molar-refractivity contribution in [1.82, 2.24) is 0 Å². The van der Waals surface area contributed by atoms with Gasteiger partial charge >= 0.3 is 5.69 Å². The van der Waals surface area contributed by atoms with Crippen LogP contribution in [-0.4, -0.2) is 16.9 Å². The lowest BCUT2D eigenvalue weighted by Crippen LogP contribution is -2.32. The second-order valence-electron chi connectivity index (χ2n) is 5.53. The second-order valence-corrected chi connectivity index (χ2v) is 6.10. The molecule has 0 N–H and O–H groups in total. The van der Waals surface area contributed by atoms with E-state index in [9.17, 15) is 10.1 Å². The number of hydrogen-bond acceptors (Lipinski definition) is 4. The lowest BCUT2D eigenvalue weighted by Gasteiger charge is -2.35. The molecule has 0 saturated heterocycles. The van der Waals surface area contributed by atoms with Crippen LogP contribution in [0.2, 0.25) is 0 Å². The van der Waals surface area contributed by atoms with E-state index >= 15 is 0 Å². The summed E-state index contributed by atoms with van der Waals surface area (Å²) in [7, 11) is 0. The summed E-state index contributed by atoms with van der Waals surface area (Å²) in [5, 5.41) is 20.8. The van der Waals surface area contributed by atoms with Gasteiger partial charge in [0.05, 0.1) is 23.2 Å². The molecule has 0 bridgehead atoms. The van der Waals surface area contributed by atoms with Gasteiger partial charge in [-0.05, 0) is 25.0 Å². The van der Waals surface area contributed by atoms with Crippen LogP contribution in [-0.2, 0) is 0 Å². The monoisotopic (exact) mass is 352 g/mol. The van der Waals surface area contributed by atoms with E-state index in [-0.39, 0.29) is 22.4 Å². The molecule has 6 heteroatoms. The van der Waals surface area contributed by atoms with Gasteiger partial charge in [-0.15, -0.1) is 0 Å². The first-order valence-corrected chi connectivity index (χ1v) is 8.10. The number of nitro benzene ring substituents is 1. The van der Waals surface area contributed by atoms with E-state index in [0.29, 0.717) is 6.61 Å². The molecule has 0 unspecified atom stereocenters. The van der Waals surface area contributed by atoms with Crippen LogP contribution in [0.4, 0.5) is 5.69 Å². The summed E-state index contributed by atoms with van der Waals surface area (Å²) in [4.78, 5) is 10.6. The Kier molecular flexibility index (Phi) is 5.18. The van der Waals surface area contributed by atoms with Crippen LogP contribution >= 0.6 is 15.9 Å². The molecular formula is C15H17BrN2O3. The highest BCUT2D eigenvalue weighted by atomic mass is 79.9. The van der Waals surface area contributed by atoms with Gasteiger partial charge in [0.15, 0.2) is 5.75 Å². The molecule has 21 heavy (non-hydrogen) atoms. The van der Waals surface area contributed by atoms with Crippen LogP contribution in [0.15, 0.2) is 18.2 Å². The van der Waals surface area contributed by atoms with E-state index in [4.69, 9.17) is 10.00 Å². The van der Waals surface area contributed by atoms with Gasteiger partial charge in [0, 0.05) is 16.8 Å². The fourth-order valence-electron chi connectivity index (χ4n) is 2.70. The van der Waals surface area contributed by atoms with Crippen LogP contribution in [0.25, 0.3) is 0 Å². The van der Waals surface area contributed by atoms with Crippen molar-refractivity contribution in [2.45, 2.75) is 32.1 Å². The quantitative estimate of drug-likeness (QED) is 0.452. The first-order chi connectivity index (χ1) is 10.1. The Hall–Kier alpha value is -1.61. The van der Waals surface area contributed by atoms with Gasteiger partial charge in [-0.25, -0.2) is 0 Å². The SMILES string of the molecule is N#Cc1ccc(OCC2(CBr)CCCCC2)c([N+](=O)[O-])c1. The highest BCUT2D eigenvalue weighted by Crippen LogP contribution is 2.39. The molecule has 0 atom stereocenters. The number of alkyl halides is 1. The summed E-state index contributed by atoms with van der Waals surface area (Å²) in [6.45, 7) is 0.463. The number of ether oxygens (including phenoxy) is 1. The molecule has 112 valence electrons. The maximum absolute atomic E-state index is 11.1. The van der Waals surface area contributed by atoms with Gasteiger partial charge in [-0.2, -0.15) is 5.26 Å². The van der Waals surface area contributed by atoms with Gasteiger partial charge < -0.3 is 4.74 Å². The van der Waals surface area contributed by atoms with Crippen molar-refractivity contribution < 1.29 is 9.66 Å². The molecule has 1 aliphatic rings. The van der Waals surface area contributed by atoms with Gasteiger partial charge in [0.25, 0.3) is 0 Å². The molecule has 2 rings (SSSR count). The van der Waals surface area contributed by atoms with Crippen molar-refractivity contribution in [3.05, 3.63) is 33.9 Å². The van der Waals surface area contributed by atoms with Crippen LogP contribution < -0.4 is 4.74 Å². The zero-order valence-electron chi connectivity index (χ0n) is 11.7. The van der Waals surface area contributed by atoms with Gasteiger partial charge in [-0.3, -0.25) is 10.1 Å². The van der Waals surface area contributed by atoms with Crippen molar-refractivity contribution in [1.29, 1.82) is 5.26 Å². The molecule has 0 amide bonds. The Morgan fingerprint density at radius 3 is 2.67 bits per heavy atom. The molecule has 1 fully saturated rings. The first kappa shape index (κ1) is 15.8. The number of hydrogen-bond donors (Lipinski definition) is 0. The Morgan fingerprint density at radius 2 is 2.10 bits per heavy atom. The molecule has 0 spiro atoms. The summed E-state index contributed by atoms with van der Waals surface area (Å²) in [5.74, 6) is 0.241. The third-order valence-corrected chi connectivity index (χ3v) is 5.21. The van der Waals surface area contributed by atoms with E-state index in [2.05, 4.69) is 15.9 Å². The van der Waals surface area contributed by atoms with Crippen molar-refractivity contribution in [2.24, 2.45) is 5.41 Å². The minimum atomic E-state index is -0.502. The van der Waals surface area contributed by atoms with Crippen molar-refractivity contribution in [3.8, 4) is 11.8 Å². The van der Waals surface area contributed by atoms with E-state index in [0.717, 1.165) is 18.2 Å². The summed E-state index contributed by atoms with van der Waals surface area (Å²) in [6, 6.07) is 6.23. The number of halogens is 1. The molecule has 1 aliphatic carbocycles. The maximum Gasteiger partial charge on any atom is 0.312 e. The van der Waals surface area contributed by atoms with Crippen LogP contribution in [0.3, 0.4) is 0 Å². The molecule has 5 nitrogen and oxygen atoms in total. The largest absolute Gasteiger partial charge is 0.486 e. The third-order valence-electron chi connectivity index (χ3n) is 4.02. The zero-order chi connectivity index (χ0) is 15.3. The Morgan fingerprint density at radius 1 is 1.38 bits per heavy atom. The highest BCUT2D eigenvalue weighted by Gasteiger charge is 2.32. The minimum absolute atomic E-state index is 0.0556. The predicted octanol–water partition coefficient (Wildman–Crippen LogP) is 4.19. The smallest absolute Gasteiger partial charge is 0.312 e. The van der Waals surface area contributed by atoms with Gasteiger partial charge in [0.2, 0.25) is 0 Å². The Labute approximate surface area is 132 Å². The minimum Gasteiger partial charge on any atom is -0.486 e. The summed E-state index contributed by atoms with van der Waals surface area (Å²) in [6.07, 6.45) is 5.73. The average molecular weight is 353 g/mol. The maximum atomic E-state index is 11.1. The number of rotatable bonds is 5. The lowest BCUT2D eigenvalue weighted by atomic mass is 9.76. The van der Waals surface area contributed by atoms with Gasteiger partial charge in [-0.1, -0.05) is 35.2 Å². The average Bonchev–Trinajstić information content (AvgIpc) is 2.53. The number of nitro groups is 1. The molecule has 0 radical (unpaired) electrons. The van der Waals surface area contributed by atoms with E-state index in [1.165, 1.54) is 31.4 Å². The first-order valence-electron chi connectivity index (χ1n) is 6.97. The summed E-state index contributed by atoms with van der Waals surface area (Å²) in [5.41, 5.74) is 0.177. The number of benzene rings is 1. The van der Waals surface area contributed by atoms with E-state index in [1.54, 1.807) is 6.07 Å². The van der Waals surface area contributed by atoms with Gasteiger partial charge in [0.1, 0.15) is 0 Å². The highest BCUT2D eigenvalue weighted by molar-refractivity contribution is 9.09. The molecular weight excluding hydrogens is 336 g/mol. The second kappa shape index (κ2) is 6.90. The Bertz CT molecular complexity index is 563. The van der Waals surface area contributed by atoms with Crippen LogP contribution in [0, 0.1) is 26.9 Å². The number of nitriles is 1. The normalized spacial score (nSPS) is 17.0. The predicted molar refractivity (Wildman–Crippen MR) is 82.6 cm³/mol. The fraction of sp³-hybridized carbons (Fsp3) is 0.533. The standard InChI is InChI=1S/C15H17BrN2O3/c16-10-15(6-2-1-3-7-15)11-21-14-5-4-12(9-17)8-13(14)18(19)20/h4-5,8H,1-3,6-7,10-11H2. The lowest BCUT2D eigenvalue weighted by molar-refractivity contribution is -0.386. The molecule has 0 aliphatic heterocycles. The summed E-state index contributed by atoms with van der Waals surface area (Å²) >= 11 is 3.56. The molecule has 0 heterocycles. The molecule has 1 aromatic carbocycles. The topological polar surface area (TPSA) is 76.2 Å². The van der Waals surface area contributed by atoms with Crippen molar-refractivity contribution in [3.63, 3.8) is 0 Å². The summed E-state index contributed by atoms with van der Waals surface area (Å²) < 4.78 is 5.75. The van der Waals surface area contributed by atoms with Crippen molar-refractivity contribution in [2.75, 3.05) is 11.9 Å². The Balaban J connectivity index is 2.15. The van der Waals surface area contributed by atoms with Crippen molar-refractivity contribution >= 4 is 21.6 Å². The zero-order valence-corrected chi connectivity index (χ0v) is 13.3. The van der Waals surface area contributed by atoms with Crippen LogP contribution in [0.1, 0.15) is 37.7 Å². The number of nitrogens with zero attached hydrogens (tertiary/aromatic N) is 2. The third kappa shape index (κ3) is 3.73. The molecule has 1 saturated carbocycles.